The van der Waals surface area contributed by atoms with Crippen LogP contribution >= 0.6 is 0 Å². The van der Waals surface area contributed by atoms with Gasteiger partial charge in [0.1, 0.15) is 11.5 Å². The Hall–Kier alpha value is -7.68. The molecule has 8 aromatic carbocycles. The molecule has 1 aromatic heterocycles. The molecular formula is C51H30N4O. The lowest BCUT2D eigenvalue weighted by Crippen LogP contribution is -2.32. The third-order valence-electron chi connectivity index (χ3n) is 11.2. The Bertz CT molecular complexity index is 3020. The first-order chi connectivity index (χ1) is 27.7. The van der Waals surface area contributed by atoms with E-state index in [0.29, 0.717) is 23.0 Å². The van der Waals surface area contributed by atoms with Crippen molar-refractivity contribution in [3.8, 4) is 74.0 Å². The minimum Gasteiger partial charge on any atom is -0.457 e. The number of benzene rings is 8. The van der Waals surface area contributed by atoms with Crippen LogP contribution in [0, 0.1) is 11.3 Å². The van der Waals surface area contributed by atoms with Crippen LogP contribution in [0.15, 0.2) is 182 Å². The molecule has 0 saturated heterocycles. The average Bonchev–Trinajstić information content (AvgIpc) is 3.56. The Balaban J connectivity index is 1.16. The smallest absolute Gasteiger partial charge is 0.164 e. The number of fused-ring (bicyclic) bond motifs is 10. The normalized spacial score (nSPS) is 14.6. The first-order valence-electron chi connectivity index (χ1n) is 18.7. The third kappa shape index (κ3) is 4.83. The number of ether oxygens (including phenoxy) is 1. The molecule has 56 heavy (non-hydrogen) atoms. The van der Waals surface area contributed by atoms with Crippen molar-refractivity contribution in [1.82, 2.24) is 15.0 Å². The summed E-state index contributed by atoms with van der Waals surface area (Å²) in [6.45, 7) is 0. The average molecular weight is 715 g/mol. The molecule has 2 heterocycles. The van der Waals surface area contributed by atoms with Crippen molar-refractivity contribution in [3.05, 3.63) is 210 Å². The predicted octanol–water partition coefficient (Wildman–Crippen LogP) is 12.0. The van der Waals surface area contributed by atoms with E-state index in [1.54, 1.807) is 0 Å². The quantitative estimate of drug-likeness (QED) is 0.181. The minimum atomic E-state index is -0.696. The second-order valence-corrected chi connectivity index (χ2v) is 14.3. The summed E-state index contributed by atoms with van der Waals surface area (Å²) in [5.74, 6) is 3.50. The SMILES string of the molecule is N#Cc1ccc2cc(-c3ccc4c(c3)C3(c5ccccc5O4)c4ccccc4-c4ccc(-c5nc(-c6ccccc6)nc(-c6ccccc6)n5)cc43)ccc2c1. The van der Waals surface area contributed by atoms with Gasteiger partial charge in [0.25, 0.3) is 0 Å². The van der Waals surface area contributed by atoms with E-state index in [4.69, 9.17) is 19.7 Å². The number of aromatic nitrogens is 3. The van der Waals surface area contributed by atoms with Gasteiger partial charge in [0.15, 0.2) is 17.5 Å². The molecule has 1 aliphatic heterocycles. The fourth-order valence-electron chi connectivity index (χ4n) is 8.65. The van der Waals surface area contributed by atoms with Gasteiger partial charge in [-0.3, -0.25) is 0 Å². The van der Waals surface area contributed by atoms with Crippen molar-refractivity contribution in [3.63, 3.8) is 0 Å². The molecular weight excluding hydrogens is 685 g/mol. The van der Waals surface area contributed by atoms with Gasteiger partial charge < -0.3 is 4.74 Å². The molecule has 2 aliphatic rings. The first-order valence-corrected chi connectivity index (χ1v) is 18.7. The van der Waals surface area contributed by atoms with Gasteiger partial charge in [-0.2, -0.15) is 5.26 Å². The van der Waals surface area contributed by atoms with Gasteiger partial charge in [-0.1, -0.05) is 140 Å². The molecule has 0 fully saturated rings. The summed E-state index contributed by atoms with van der Waals surface area (Å²) in [4.78, 5) is 15.2. The largest absolute Gasteiger partial charge is 0.457 e. The van der Waals surface area contributed by atoms with Crippen LogP contribution in [0.1, 0.15) is 27.8 Å². The Morgan fingerprint density at radius 3 is 1.68 bits per heavy atom. The molecule has 0 amide bonds. The number of nitrogens with zero attached hydrogens (tertiary/aromatic N) is 4. The highest BCUT2D eigenvalue weighted by atomic mass is 16.5. The molecule has 0 N–H and O–H groups in total. The lowest BCUT2D eigenvalue weighted by Gasteiger charge is -2.39. The maximum Gasteiger partial charge on any atom is 0.164 e. The number of rotatable bonds is 4. The standard InChI is InChI=1S/C51H30N4O/c52-31-32-19-20-36-28-37(22-21-35(36)27-32)38-24-26-47-45(29-38)51(43-17-9-10-18-46(43)56-47)42-16-8-7-15-40(42)41-25-23-39(30-44(41)51)50-54-48(33-11-3-1-4-12-33)53-49(55-50)34-13-5-2-6-14-34/h1-30H. The predicted molar refractivity (Wildman–Crippen MR) is 221 cm³/mol. The van der Waals surface area contributed by atoms with Crippen molar-refractivity contribution in [1.29, 1.82) is 5.26 Å². The Labute approximate surface area is 323 Å². The molecule has 0 saturated carbocycles. The zero-order valence-corrected chi connectivity index (χ0v) is 30.0. The van der Waals surface area contributed by atoms with Crippen LogP contribution in [-0.2, 0) is 5.41 Å². The lowest BCUT2D eigenvalue weighted by molar-refractivity contribution is 0.436. The summed E-state index contributed by atoms with van der Waals surface area (Å²) in [5.41, 5.74) is 11.7. The Morgan fingerprint density at radius 1 is 0.393 bits per heavy atom. The molecule has 1 unspecified atom stereocenters. The summed E-state index contributed by atoms with van der Waals surface area (Å²) in [7, 11) is 0. The molecule has 1 spiro atoms. The highest BCUT2D eigenvalue weighted by molar-refractivity contribution is 5.92. The van der Waals surface area contributed by atoms with E-state index in [-0.39, 0.29) is 0 Å². The maximum atomic E-state index is 9.48. The van der Waals surface area contributed by atoms with Gasteiger partial charge in [-0.25, -0.2) is 15.0 Å². The van der Waals surface area contributed by atoms with Crippen LogP contribution < -0.4 is 4.74 Å². The van der Waals surface area contributed by atoms with Gasteiger partial charge in [-0.15, -0.1) is 0 Å². The third-order valence-corrected chi connectivity index (χ3v) is 11.2. The van der Waals surface area contributed by atoms with Crippen molar-refractivity contribution in [2.24, 2.45) is 0 Å². The maximum absolute atomic E-state index is 9.48. The van der Waals surface area contributed by atoms with Gasteiger partial charge in [0, 0.05) is 27.8 Å². The van der Waals surface area contributed by atoms with E-state index in [2.05, 4.69) is 103 Å². The molecule has 260 valence electrons. The van der Waals surface area contributed by atoms with E-state index in [1.165, 1.54) is 11.1 Å². The molecule has 11 rings (SSSR count). The van der Waals surface area contributed by atoms with Gasteiger partial charge in [0.05, 0.1) is 17.0 Å². The highest BCUT2D eigenvalue weighted by Gasteiger charge is 2.51. The number of nitriles is 1. The van der Waals surface area contributed by atoms with Gasteiger partial charge in [0.2, 0.25) is 0 Å². The molecule has 9 aromatic rings. The van der Waals surface area contributed by atoms with Gasteiger partial charge in [-0.05, 0) is 86.6 Å². The molecule has 1 aliphatic carbocycles. The summed E-state index contributed by atoms with van der Waals surface area (Å²) < 4.78 is 6.76. The van der Waals surface area contributed by atoms with Crippen molar-refractivity contribution >= 4 is 10.8 Å². The van der Waals surface area contributed by atoms with Crippen LogP contribution in [0.5, 0.6) is 11.5 Å². The topological polar surface area (TPSA) is 71.7 Å². The van der Waals surface area contributed by atoms with Crippen LogP contribution in [-0.4, -0.2) is 15.0 Å². The zero-order valence-electron chi connectivity index (χ0n) is 30.0. The Morgan fingerprint density at radius 2 is 0.929 bits per heavy atom. The van der Waals surface area contributed by atoms with Crippen molar-refractivity contribution in [2.75, 3.05) is 0 Å². The fourth-order valence-corrected chi connectivity index (χ4v) is 8.65. The molecule has 0 radical (unpaired) electrons. The van der Waals surface area contributed by atoms with Crippen LogP contribution in [0.25, 0.3) is 67.2 Å². The summed E-state index contributed by atoms with van der Waals surface area (Å²) in [5, 5.41) is 11.6. The van der Waals surface area contributed by atoms with E-state index in [0.717, 1.165) is 72.3 Å². The van der Waals surface area contributed by atoms with E-state index in [1.807, 2.05) is 84.9 Å². The lowest BCUT2D eigenvalue weighted by atomic mass is 9.65. The number of hydrogen-bond acceptors (Lipinski definition) is 5. The minimum absolute atomic E-state index is 0.608. The molecule has 5 heteroatoms. The van der Waals surface area contributed by atoms with Crippen LogP contribution in [0.4, 0.5) is 0 Å². The second-order valence-electron chi connectivity index (χ2n) is 14.3. The summed E-state index contributed by atoms with van der Waals surface area (Å²) in [6, 6.07) is 65.1. The molecule has 1 atom stereocenters. The van der Waals surface area contributed by atoms with Crippen molar-refractivity contribution in [2.45, 2.75) is 5.41 Å². The van der Waals surface area contributed by atoms with E-state index >= 15 is 0 Å². The summed E-state index contributed by atoms with van der Waals surface area (Å²) in [6.07, 6.45) is 0. The summed E-state index contributed by atoms with van der Waals surface area (Å²) >= 11 is 0. The zero-order chi connectivity index (χ0) is 37.2. The number of hydrogen-bond donors (Lipinski definition) is 0. The van der Waals surface area contributed by atoms with Gasteiger partial charge >= 0.3 is 0 Å². The monoisotopic (exact) mass is 714 g/mol. The second kappa shape index (κ2) is 12.4. The highest BCUT2D eigenvalue weighted by Crippen LogP contribution is 2.62. The van der Waals surface area contributed by atoms with Crippen molar-refractivity contribution < 1.29 is 4.74 Å². The Kier molecular flexibility index (Phi) is 7.07. The van der Waals surface area contributed by atoms with Crippen LogP contribution in [0.3, 0.4) is 0 Å². The fraction of sp³-hybridized carbons (Fsp3) is 0.0196. The number of para-hydroxylation sites is 1. The molecule has 0 bridgehead atoms. The molecule has 5 nitrogen and oxygen atoms in total. The van der Waals surface area contributed by atoms with E-state index < -0.39 is 5.41 Å². The van der Waals surface area contributed by atoms with E-state index in [9.17, 15) is 5.26 Å². The first kappa shape index (κ1) is 31.8. The van der Waals surface area contributed by atoms with Crippen LogP contribution in [0.2, 0.25) is 0 Å².